The monoisotopic (exact) mass is 226 g/mol. The van der Waals surface area contributed by atoms with E-state index in [2.05, 4.69) is 28.9 Å². The Morgan fingerprint density at radius 1 is 1.40 bits per heavy atom. The standard InChI is InChI=1S/C12H19ClN2/c1-3-15(9-5-8-13)10-12-7-4-6-11(2)14-12/h4,6-7H,3,5,8-10H2,1-2H3. The van der Waals surface area contributed by atoms with E-state index in [1.165, 1.54) is 0 Å². The van der Waals surface area contributed by atoms with E-state index in [0.29, 0.717) is 0 Å². The third-order valence-electron chi connectivity index (χ3n) is 2.39. The molecule has 0 unspecified atom stereocenters. The number of pyridine rings is 1. The summed E-state index contributed by atoms with van der Waals surface area (Å²) in [6, 6.07) is 6.17. The fourth-order valence-corrected chi connectivity index (χ4v) is 1.67. The molecule has 0 N–H and O–H groups in total. The van der Waals surface area contributed by atoms with Crippen LogP contribution in [0.15, 0.2) is 18.2 Å². The molecule has 3 heteroatoms. The number of alkyl halides is 1. The smallest absolute Gasteiger partial charge is 0.0547 e. The van der Waals surface area contributed by atoms with Gasteiger partial charge in [0.2, 0.25) is 0 Å². The van der Waals surface area contributed by atoms with Gasteiger partial charge in [-0.05, 0) is 38.6 Å². The Balaban J connectivity index is 2.50. The molecular formula is C12H19ClN2. The fraction of sp³-hybridized carbons (Fsp3) is 0.583. The maximum absolute atomic E-state index is 5.69. The van der Waals surface area contributed by atoms with Crippen molar-refractivity contribution >= 4 is 11.6 Å². The quantitative estimate of drug-likeness (QED) is 0.694. The maximum Gasteiger partial charge on any atom is 0.0547 e. The van der Waals surface area contributed by atoms with Crippen LogP contribution in [0.4, 0.5) is 0 Å². The molecule has 2 nitrogen and oxygen atoms in total. The minimum absolute atomic E-state index is 0.734. The Morgan fingerprint density at radius 3 is 2.80 bits per heavy atom. The van der Waals surface area contributed by atoms with Gasteiger partial charge in [0.1, 0.15) is 0 Å². The van der Waals surface area contributed by atoms with Crippen molar-refractivity contribution in [3.8, 4) is 0 Å². The molecule has 0 fully saturated rings. The largest absolute Gasteiger partial charge is 0.298 e. The van der Waals surface area contributed by atoms with Gasteiger partial charge in [-0.1, -0.05) is 13.0 Å². The third kappa shape index (κ3) is 4.63. The van der Waals surface area contributed by atoms with Crippen LogP contribution in [0.1, 0.15) is 24.7 Å². The number of aryl methyl sites for hydroxylation is 1. The molecule has 1 rings (SSSR count). The van der Waals surface area contributed by atoms with Gasteiger partial charge < -0.3 is 0 Å². The number of rotatable bonds is 6. The van der Waals surface area contributed by atoms with E-state index in [-0.39, 0.29) is 0 Å². The zero-order valence-electron chi connectivity index (χ0n) is 9.54. The molecule has 15 heavy (non-hydrogen) atoms. The number of hydrogen-bond acceptors (Lipinski definition) is 2. The van der Waals surface area contributed by atoms with Crippen molar-refractivity contribution < 1.29 is 0 Å². The first kappa shape index (κ1) is 12.5. The summed E-state index contributed by atoms with van der Waals surface area (Å²) in [5, 5.41) is 0. The Hall–Kier alpha value is -0.600. The lowest BCUT2D eigenvalue weighted by atomic mass is 10.3. The number of hydrogen-bond donors (Lipinski definition) is 0. The molecular weight excluding hydrogens is 208 g/mol. The zero-order chi connectivity index (χ0) is 11.1. The van der Waals surface area contributed by atoms with Crippen molar-refractivity contribution in [2.75, 3.05) is 19.0 Å². The average Bonchev–Trinajstić information content (AvgIpc) is 2.24. The molecule has 0 aliphatic rings. The normalized spacial score (nSPS) is 10.9. The lowest BCUT2D eigenvalue weighted by Crippen LogP contribution is -2.24. The average molecular weight is 227 g/mol. The molecule has 0 saturated heterocycles. The van der Waals surface area contributed by atoms with Crippen LogP contribution in [0, 0.1) is 6.92 Å². The van der Waals surface area contributed by atoms with Gasteiger partial charge in [0.15, 0.2) is 0 Å². The highest BCUT2D eigenvalue weighted by molar-refractivity contribution is 6.17. The van der Waals surface area contributed by atoms with E-state index in [0.717, 1.165) is 43.3 Å². The lowest BCUT2D eigenvalue weighted by Gasteiger charge is -2.19. The number of aromatic nitrogens is 1. The van der Waals surface area contributed by atoms with E-state index in [9.17, 15) is 0 Å². The van der Waals surface area contributed by atoms with Crippen LogP contribution in [0.25, 0.3) is 0 Å². The second kappa shape index (κ2) is 6.81. The van der Waals surface area contributed by atoms with Gasteiger partial charge in [-0.15, -0.1) is 11.6 Å². The van der Waals surface area contributed by atoms with Crippen LogP contribution >= 0.6 is 11.6 Å². The van der Waals surface area contributed by atoms with Gasteiger partial charge >= 0.3 is 0 Å². The van der Waals surface area contributed by atoms with Gasteiger partial charge in [0, 0.05) is 18.1 Å². The molecule has 1 aromatic rings. The second-order valence-corrected chi connectivity index (χ2v) is 4.06. The minimum Gasteiger partial charge on any atom is -0.298 e. The number of nitrogens with zero attached hydrogens (tertiary/aromatic N) is 2. The van der Waals surface area contributed by atoms with Crippen molar-refractivity contribution in [2.45, 2.75) is 26.8 Å². The summed E-state index contributed by atoms with van der Waals surface area (Å²) in [4.78, 5) is 6.86. The summed E-state index contributed by atoms with van der Waals surface area (Å²) < 4.78 is 0. The van der Waals surface area contributed by atoms with Crippen molar-refractivity contribution in [1.82, 2.24) is 9.88 Å². The maximum atomic E-state index is 5.69. The molecule has 1 aromatic heterocycles. The molecule has 84 valence electrons. The third-order valence-corrected chi connectivity index (χ3v) is 2.65. The van der Waals surface area contributed by atoms with E-state index in [4.69, 9.17) is 11.6 Å². The molecule has 1 heterocycles. The summed E-state index contributed by atoms with van der Waals surface area (Å²) in [7, 11) is 0. The molecule has 0 aromatic carbocycles. The highest BCUT2D eigenvalue weighted by Gasteiger charge is 2.03. The van der Waals surface area contributed by atoms with Crippen LogP contribution in [0.2, 0.25) is 0 Å². The van der Waals surface area contributed by atoms with Crippen molar-refractivity contribution in [1.29, 1.82) is 0 Å². The topological polar surface area (TPSA) is 16.1 Å². The van der Waals surface area contributed by atoms with Gasteiger partial charge in [-0.25, -0.2) is 0 Å². The van der Waals surface area contributed by atoms with Crippen LogP contribution in [0.3, 0.4) is 0 Å². The molecule has 0 bridgehead atoms. The fourth-order valence-electron chi connectivity index (χ4n) is 1.55. The Labute approximate surface area is 97.3 Å². The van der Waals surface area contributed by atoms with Crippen LogP contribution in [-0.2, 0) is 6.54 Å². The molecule has 0 radical (unpaired) electrons. The lowest BCUT2D eigenvalue weighted by molar-refractivity contribution is 0.278. The minimum atomic E-state index is 0.734. The predicted molar refractivity (Wildman–Crippen MR) is 65.3 cm³/mol. The van der Waals surface area contributed by atoms with Crippen molar-refractivity contribution in [2.24, 2.45) is 0 Å². The van der Waals surface area contributed by atoms with E-state index in [1.54, 1.807) is 0 Å². The zero-order valence-corrected chi connectivity index (χ0v) is 10.3. The van der Waals surface area contributed by atoms with Gasteiger partial charge in [0.25, 0.3) is 0 Å². The Bertz CT molecular complexity index is 289. The SMILES string of the molecule is CCN(CCCCl)Cc1cccc(C)n1. The van der Waals surface area contributed by atoms with E-state index >= 15 is 0 Å². The molecule has 0 amide bonds. The van der Waals surface area contributed by atoms with Crippen molar-refractivity contribution in [3.05, 3.63) is 29.6 Å². The molecule has 0 spiro atoms. The van der Waals surface area contributed by atoms with Crippen LogP contribution in [-0.4, -0.2) is 28.9 Å². The predicted octanol–water partition coefficient (Wildman–Crippen LogP) is 2.84. The molecule has 0 aliphatic carbocycles. The van der Waals surface area contributed by atoms with Gasteiger partial charge in [-0.2, -0.15) is 0 Å². The molecule has 0 atom stereocenters. The van der Waals surface area contributed by atoms with Crippen LogP contribution in [0.5, 0.6) is 0 Å². The van der Waals surface area contributed by atoms with E-state index < -0.39 is 0 Å². The summed E-state index contributed by atoms with van der Waals surface area (Å²) in [5.41, 5.74) is 2.23. The van der Waals surface area contributed by atoms with Gasteiger partial charge in [-0.3, -0.25) is 9.88 Å². The summed E-state index contributed by atoms with van der Waals surface area (Å²) in [6.45, 7) is 7.22. The highest BCUT2D eigenvalue weighted by atomic mass is 35.5. The Kier molecular flexibility index (Phi) is 5.66. The first-order chi connectivity index (χ1) is 7.26. The summed E-state index contributed by atoms with van der Waals surface area (Å²) >= 11 is 5.69. The molecule has 0 aliphatic heterocycles. The summed E-state index contributed by atoms with van der Waals surface area (Å²) in [6.07, 6.45) is 1.04. The van der Waals surface area contributed by atoms with Crippen LogP contribution < -0.4 is 0 Å². The first-order valence-corrected chi connectivity index (χ1v) is 6.00. The van der Waals surface area contributed by atoms with Gasteiger partial charge in [0.05, 0.1) is 5.69 Å². The first-order valence-electron chi connectivity index (χ1n) is 5.47. The number of halogens is 1. The summed E-state index contributed by atoms with van der Waals surface area (Å²) in [5.74, 6) is 0.734. The van der Waals surface area contributed by atoms with Crippen molar-refractivity contribution in [3.63, 3.8) is 0 Å². The highest BCUT2D eigenvalue weighted by Crippen LogP contribution is 2.04. The Morgan fingerprint density at radius 2 is 2.20 bits per heavy atom. The molecule has 0 saturated carbocycles. The van der Waals surface area contributed by atoms with E-state index in [1.807, 2.05) is 13.0 Å². The second-order valence-electron chi connectivity index (χ2n) is 3.68.